The molecule has 0 fully saturated rings. The minimum absolute atomic E-state index is 0.0282. The number of hydrogen-bond donors (Lipinski definition) is 1. The van der Waals surface area contributed by atoms with Gasteiger partial charge >= 0.3 is 6.36 Å². The van der Waals surface area contributed by atoms with Crippen molar-refractivity contribution < 1.29 is 17.9 Å². The van der Waals surface area contributed by atoms with E-state index in [0.717, 1.165) is 12.3 Å². The summed E-state index contributed by atoms with van der Waals surface area (Å²) >= 11 is 0. The molecule has 20 heavy (non-hydrogen) atoms. The standard InChI is InChI=1S/C12H5F3N4O/c13-12(14,15)20-11-3-8(4-16)1-2-10(11)19-7-9(5-17)6-18/h1-3,7,19H. The number of hydrogen-bond acceptors (Lipinski definition) is 5. The van der Waals surface area contributed by atoms with E-state index in [1.165, 1.54) is 24.3 Å². The number of benzene rings is 1. The van der Waals surface area contributed by atoms with Crippen LogP contribution in [0.2, 0.25) is 0 Å². The second-order valence-electron chi connectivity index (χ2n) is 3.30. The Bertz CT molecular complexity index is 643. The van der Waals surface area contributed by atoms with E-state index in [0.29, 0.717) is 0 Å². The second kappa shape index (κ2) is 6.12. The molecule has 0 aliphatic rings. The number of halogens is 3. The summed E-state index contributed by atoms with van der Waals surface area (Å²) in [7, 11) is 0. The topological polar surface area (TPSA) is 92.6 Å². The monoisotopic (exact) mass is 278 g/mol. The average molecular weight is 278 g/mol. The van der Waals surface area contributed by atoms with Gasteiger partial charge in [-0.05, 0) is 12.1 Å². The molecule has 1 aromatic rings. The van der Waals surface area contributed by atoms with Crippen molar-refractivity contribution in [1.82, 2.24) is 0 Å². The number of nitriles is 3. The highest BCUT2D eigenvalue weighted by atomic mass is 19.4. The van der Waals surface area contributed by atoms with Crippen molar-refractivity contribution >= 4 is 5.69 Å². The smallest absolute Gasteiger partial charge is 0.404 e. The lowest BCUT2D eigenvalue weighted by atomic mass is 10.2. The van der Waals surface area contributed by atoms with Crippen LogP contribution in [0.5, 0.6) is 5.75 Å². The lowest BCUT2D eigenvalue weighted by molar-refractivity contribution is -0.274. The van der Waals surface area contributed by atoms with Crippen LogP contribution in [0.15, 0.2) is 30.0 Å². The second-order valence-corrected chi connectivity index (χ2v) is 3.30. The number of anilines is 1. The fourth-order valence-corrected chi connectivity index (χ4v) is 1.16. The Kier molecular flexibility index (Phi) is 4.56. The zero-order valence-corrected chi connectivity index (χ0v) is 9.69. The highest BCUT2D eigenvalue weighted by molar-refractivity contribution is 5.61. The van der Waals surface area contributed by atoms with Gasteiger partial charge < -0.3 is 10.1 Å². The van der Waals surface area contributed by atoms with Crippen LogP contribution in [0.1, 0.15) is 5.56 Å². The molecule has 0 saturated heterocycles. The summed E-state index contributed by atoms with van der Waals surface area (Å²) in [4.78, 5) is 0. The molecule has 0 aromatic heterocycles. The van der Waals surface area contributed by atoms with Gasteiger partial charge in [0.25, 0.3) is 0 Å². The molecule has 1 aromatic carbocycles. The lowest BCUT2D eigenvalue weighted by Crippen LogP contribution is -2.18. The number of nitrogens with one attached hydrogen (secondary N) is 1. The van der Waals surface area contributed by atoms with Crippen LogP contribution in [0.3, 0.4) is 0 Å². The Hall–Kier alpha value is -3.18. The number of ether oxygens (including phenoxy) is 1. The summed E-state index contributed by atoms with van der Waals surface area (Å²) in [5.74, 6) is -0.636. The molecule has 0 unspecified atom stereocenters. The van der Waals surface area contributed by atoms with Crippen LogP contribution < -0.4 is 10.1 Å². The van der Waals surface area contributed by atoms with Gasteiger partial charge in [0.1, 0.15) is 17.7 Å². The van der Waals surface area contributed by atoms with E-state index >= 15 is 0 Å². The van der Waals surface area contributed by atoms with Gasteiger partial charge in [0.2, 0.25) is 0 Å². The van der Waals surface area contributed by atoms with Crippen molar-refractivity contribution in [2.75, 3.05) is 5.32 Å². The van der Waals surface area contributed by atoms with Crippen LogP contribution in [0.4, 0.5) is 18.9 Å². The first-order valence-corrected chi connectivity index (χ1v) is 4.96. The Balaban J connectivity index is 3.14. The normalized spacial score (nSPS) is 9.60. The number of allylic oxidation sites excluding steroid dienone is 1. The van der Waals surface area contributed by atoms with E-state index < -0.39 is 12.1 Å². The van der Waals surface area contributed by atoms with Crippen LogP contribution in [-0.4, -0.2) is 6.36 Å². The first-order chi connectivity index (χ1) is 9.39. The molecule has 8 heteroatoms. The Morgan fingerprint density at radius 2 is 1.85 bits per heavy atom. The van der Waals surface area contributed by atoms with Crippen LogP contribution in [0.25, 0.3) is 0 Å². The maximum absolute atomic E-state index is 12.2. The van der Waals surface area contributed by atoms with E-state index in [9.17, 15) is 13.2 Å². The zero-order valence-electron chi connectivity index (χ0n) is 9.69. The molecule has 0 aliphatic carbocycles. The fourth-order valence-electron chi connectivity index (χ4n) is 1.16. The zero-order chi connectivity index (χ0) is 15.2. The van der Waals surface area contributed by atoms with Gasteiger partial charge in [-0.15, -0.1) is 13.2 Å². The average Bonchev–Trinajstić information content (AvgIpc) is 2.39. The van der Waals surface area contributed by atoms with E-state index in [1.54, 1.807) is 6.07 Å². The molecule has 0 radical (unpaired) electrons. The van der Waals surface area contributed by atoms with E-state index in [1.807, 2.05) is 0 Å². The van der Waals surface area contributed by atoms with Crippen LogP contribution >= 0.6 is 0 Å². The molecule has 0 spiro atoms. The quantitative estimate of drug-likeness (QED) is 0.858. The molecule has 0 aliphatic heterocycles. The predicted molar refractivity (Wildman–Crippen MR) is 60.8 cm³/mol. The summed E-state index contributed by atoms with van der Waals surface area (Å²) in [5, 5.41) is 28.0. The van der Waals surface area contributed by atoms with Gasteiger partial charge in [-0.3, -0.25) is 0 Å². The SMILES string of the molecule is N#CC(C#N)=CNc1ccc(C#N)cc1OC(F)(F)F. The first kappa shape index (κ1) is 14.9. The molecule has 0 heterocycles. The van der Waals surface area contributed by atoms with Gasteiger partial charge in [0.15, 0.2) is 5.75 Å². The third-order valence-electron chi connectivity index (χ3n) is 1.95. The summed E-state index contributed by atoms with van der Waals surface area (Å²) in [6.45, 7) is 0. The van der Waals surface area contributed by atoms with E-state index in [4.69, 9.17) is 15.8 Å². The Morgan fingerprint density at radius 1 is 1.20 bits per heavy atom. The largest absolute Gasteiger partial charge is 0.573 e. The maximum Gasteiger partial charge on any atom is 0.573 e. The van der Waals surface area contributed by atoms with Gasteiger partial charge in [0.05, 0.1) is 17.3 Å². The van der Waals surface area contributed by atoms with Gasteiger partial charge in [0, 0.05) is 12.3 Å². The molecule has 5 nitrogen and oxygen atoms in total. The molecular weight excluding hydrogens is 273 g/mol. The van der Waals surface area contributed by atoms with Crippen molar-refractivity contribution in [1.29, 1.82) is 15.8 Å². The first-order valence-electron chi connectivity index (χ1n) is 4.96. The van der Waals surface area contributed by atoms with Gasteiger partial charge in [-0.1, -0.05) is 0 Å². The molecule has 1 rings (SSSR count). The molecule has 0 atom stereocenters. The molecule has 1 N–H and O–H groups in total. The summed E-state index contributed by atoms with van der Waals surface area (Å²) in [5.41, 5.74) is -0.490. The van der Waals surface area contributed by atoms with Gasteiger partial charge in [-0.2, -0.15) is 15.8 Å². The maximum atomic E-state index is 12.2. The molecule has 0 bridgehead atoms. The Labute approximate surface area is 111 Å². The Morgan fingerprint density at radius 3 is 2.35 bits per heavy atom. The van der Waals surface area contributed by atoms with Gasteiger partial charge in [-0.25, -0.2) is 0 Å². The van der Waals surface area contributed by atoms with Crippen molar-refractivity contribution in [3.63, 3.8) is 0 Å². The molecule has 0 saturated carbocycles. The van der Waals surface area contributed by atoms with Crippen molar-refractivity contribution in [2.45, 2.75) is 6.36 Å². The summed E-state index contributed by atoms with van der Waals surface area (Å²) in [6, 6.07) is 8.06. The molecule has 0 amide bonds. The molecule has 100 valence electrons. The number of nitrogens with zero attached hydrogens (tertiary/aromatic N) is 3. The molecular formula is C12H5F3N4O. The fraction of sp³-hybridized carbons (Fsp3) is 0.0833. The summed E-state index contributed by atoms with van der Waals surface area (Å²) < 4.78 is 40.5. The number of rotatable bonds is 3. The lowest BCUT2D eigenvalue weighted by Gasteiger charge is -2.13. The van der Waals surface area contributed by atoms with E-state index in [2.05, 4.69) is 10.1 Å². The highest BCUT2D eigenvalue weighted by Crippen LogP contribution is 2.31. The van der Waals surface area contributed by atoms with Crippen LogP contribution in [0, 0.1) is 34.0 Å². The highest BCUT2D eigenvalue weighted by Gasteiger charge is 2.32. The van der Waals surface area contributed by atoms with Crippen molar-refractivity contribution in [3.05, 3.63) is 35.5 Å². The van der Waals surface area contributed by atoms with Crippen molar-refractivity contribution in [3.8, 4) is 24.0 Å². The third kappa shape index (κ3) is 4.25. The third-order valence-corrected chi connectivity index (χ3v) is 1.95. The number of alkyl halides is 3. The van der Waals surface area contributed by atoms with E-state index in [-0.39, 0.29) is 16.8 Å². The summed E-state index contributed by atoms with van der Waals surface area (Å²) in [6.07, 6.45) is -3.99. The van der Waals surface area contributed by atoms with Crippen LogP contribution in [-0.2, 0) is 0 Å². The minimum Gasteiger partial charge on any atom is -0.404 e. The predicted octanol–water partition coefficient (Wildman–Crippen LogP) is 2.80. The minimum atomic E-state index is -4.93. The van der Waals surface area contributed by atoms with Crippen molar-refractivity contribution in [2.24, 2.45) is 0 Å².